The van der Waals surface area contributed by atoms with E-state index in [1.54, 1.807) is 37.4 Å². The van der Waals surface area contributed by atoms with Gasteiger partial charge in [-0.1, -0.05) is 6.07 Å². The van der Waals surface area contributed by atoms with E-state index in [4.69, 9.17) is 0 Å². The highest BCUT2D eigenvalue weighted by Gasteiger charge is 2.32. The smallest absolute Gasteiger partial charge is 0.251 e. The molecule has 1 aliphatic rings. The van der Waals surface area contributed by atoms with Crippen molar-refractivity contribution in [2.75, 3.05) is 25.1 Å². The zero-order chi connectivity index (χ0) is 21.9. The molecule has 1 aliphatic heterocycles. The third kappa shape index (κ3) is 5.41. The number of piperidine rings is 1. The predicted molar refractivity (Wildman–Crippen MR) is 113 cm³/mol. The van der Waals surface area contributed by atoms with Gasteiger partial charge in [0.25, 0.3) is 5.91 Å². The van der Waals surface area contributed by atoms with E-state index in [0.717, 1.165) is 17.2 Å². The summed E-state index contributed by atoms with van der Waals surface area (Å²) in [5, 5.41) is 3.54. The van der Waals surface area contributed by atoms with Crippen LogP contribution in [0.1, 0.15) is 30.1 Å². The van der Waals surface area contributed by atoms with Crippen molar-refractivity contribution >= 4 is 38.3 Å². The number of likely N-dealkylation sites (tertiary alicyclic amines) is 1. The van der Waals surface area contributed by atoms with Gasteiger partial charge in [0.1, 0.15) is 11.8 Å². The Kier molecular flexibility index (Phi) is 6.50. The highest BCUT2D eigenvalue weighted by molar-refractivity contribution is 7.91. The summed E-state index contributed by atoms with van der Waals surface area (Å²) in [5.74, 6) is -2.03. The van der Waals surface area contributed by atoms with Crippen LogP contribution in [0.15, 0.2) is 36.5 Å². The van der Waals surface area contributed by atoms with Gasteiger partial charge in [0.15, 0.2) is 15.6 Å². The van der Waals surface area contributed by atoms with E-state index in [-0.39, 0.29) is 24.1 Å². The number of hydrogen-bond donors (Lipinski definition) is 1. The van der Waals surface area contributed by atoms with Gasteiger partial charge in [0, 0.05) is 42.4 Å². The minimum absolute atomic E-state index is 0.176. The summed E-state index contributed by atoms with van der Waals surface area (Å²) in [6.45, 7) is 2.25. The minimum atomic E-state index is -3.40. The third-order valence-electron chi connectivity index (χ3n) is 5.18. The van der Waals surface area contributed by atoms with Crippen molar-refractivity contribution in [3.8, 4) is 0 Å². The number of pyridine rings is 1. The van der Waals surface area contributed by atoms with Gasteiger partial charge >= 0.3 is 0 Å². The number of ketones is 1. The average Bonchev–Trinajstić information content (AvgIpc) is 2.71. The molecule has 2 amide bonds. The standard InChI is InChI=1S/C21H25N3O5S/c1-14(23-20(26)16-7-8-18-15(11-16)5-3-9-22-18)21(27)24-10-4-6-17(12-24)19(25)13-30(2,28)29/h3,5,7-9,11,14,17H,4,6,10,12-13H2,1-2H3,(H,23,26)/t14-,17+/m1/s1. The number of sulfone groups is 1. The Morgan fingerprint density at radius 2 is 2.03 bits per heavy atom. The topological polar surface area (TPSA) is 114 Å². The van der Waals surface area contributed by atoms with Crippen LogP contribution in [0, 0.1) is 5.92 Å². The van der Waals surface area contributed by atoms with Gasteiger partial charge in [-0.15, -0.1) is 0 Å². The molecule has 0 bridgehead atoms. The maximum absolute atomic E-state index is 12.8. The summed E-state index contributed by atoms with van der Waals surface area (Å²) >= 11 is 0. The van der Waals surface area contributed by atoms with Gasteiger partial charge in [0.2, 0.25) is 5.91 Å². The van der Waals surface area contributed by atoms with Crippen LogP contribution >= 0.6 is 0 Å². The SMILES string of the molecule is C[C@@H](NC(=O)c1ccc2ncccc2c1)C(=O)N1CCC[C@H](C(=O)CS(C)(=O)=O)C1. The lowest BCUT2D eigenvalue weighted by Crippen LogP contribution is -2.51. The maximum atomic E-state index is 12.8. The fourth-order valence-electron chi connectivity index (χ4n) is 3.65. The number of carbonyl (C=O) groups is 3. The number of hydrogen-bond acceptors (Lipinski definition) is 6. The van der Waals surface area contributed by atoms with Crippen molar-refractivity contribution in [2.45, 2.75) is 25.8 Å². The second kappa shape index (κ2) is 8.91. The largest absolute Gasteiger partial charge is 0.341 e. The van der Waals surface area contributed by atoms with E-state index in [9.17, 15) is 22.8 Å². The molecule has 30 heavy (non-hydrogen) atoms. The van der Waals surface area contributed by atoms with Gasteiger partial charge in [-0.25, -0.2) is 8.42 Å². The number of amides is 2. The number of Topliss-reactive ketones (excluding diaryl/α,β-unsaturated/α-hetero) is 1. The van der Waals surface area contributed by atoms with Crippen molar-refractivity contribution < 1.29 is 22.8 Å². The van der Waals surface area contributed by atoms with Crippen molar-refractivity contribution in [3.05, 3.63) is 42.1 Å². The Labute approximate surface area is 175 Å². The van der Waals surface area contributed by atoms with Crippen molar-refractivity contribution in [1.29, 1.82) is 0 Å². The fourth-order valence-corrected chi connectivity index (χ4v) is 4.40. The molecule has 0 unspecified atom stereocenters. The van der Waals surface area contributed by atoms with Gasteiger partial charge in [-0.05, 0) is 44.0 Å². The lowest BCUT2D eigenvalue weighted by molar-refractivity contribution is -0.136. The molecule has 2 aromatic rings. The van der Waals surface area contributed by atoms with Crippen LogP contribution in [0.4, 0.5) is 0 Å². The Balaban J connectivity index is 1.62. The van der Waals surface area contributed by atoms with Crippen molar-refractivity contribution in [2.24, 2.45) is 5.92 Å². The molecule has 0 spiro atoms. The van der Waals surface area contributed by atoms with Crippen LogP contribution in [0.5, 0.6) is 0 Å². The first-order chi connectivity index (χ1) is 14.1. The molecule has 8 nitrogen and oxygen atoms in total. The van der Waals surface area contributed by atoms with Crippen molar-refractivity contribution in [1.82, 2.24) is 15.2 Å². The zero-order valence-electron chi connectivity index (χ0n) is 17.0. The van der Waals surface area contributed by atoms with Crippen LogP contribution in [-0.2, 0) is 19.4 Å². The number of nitrogens with zero attached hydrogens (tertiary/aromatic N) is 2. The van der Waals surface area contributed by atoms with E-state index >= 15 is 0 Å². The monoisotopic (exact) mass is 431 g/mol. The summed E-state index contributed by atoms with van der Waals surface area (Å²) in [7, 11) is -3.40. The van der Waals surface area contributed by atoms with E-state index < -0.39 is 27.5 Å². The normalized spacial score (nSPS) is 18.1. The van der Waals surface area contributed by atoms with Crippen LogP contribution < -0.4 is 5.32 Å². The van der Waals surface area contributed by atoms with E-state index in [0.29, 0.717) is 24.9 Å². The molecule has 0 saturated carbocycles. The summed E-state index contributed by atoms with van der Waals surface area (Å²) in [6, 6.07) is 7.99. The molecule has 0 radical (unpaired) electrons. The van der Waals surface area contributed by atoms with Gasteiger partial charge in [-0.2, -0.15) is 0 Å². The molecular formula is C21H25N3O5S. The average molecular weight is 432 g/mol. The molecule has 1 aromatic carbocycles. The summed E-state index contributed by atoms with van der Waals surface area (Å²) in [4.78, 5) is 43.4. The quantitative estimate of drug-likeness (QED) is 0.735. The number of benzene rings is 1. The van der Waals surface area contributed by atoms with Gasteiger partial charge < -0.3 is 10.2 Å². The second-order valence-corrected chi connectivity index (χ2v) is 9.91. The first kappa shape index (κ1) is 21.9. The van der Waals surface area contributed by atoms with Gasteiger partial charge in [0.05, 0.1) is 5.52 Å². The first-order valence-electron chi connectivity index (χ1n) is 9.79. The highest BCUT2D eigenvalue weighted by atomic mass is 32.2. The molecule has 2 heterocycles. The molecule has 3 rings (SSSR count). The van der Waals surface area contributed by atoms with Crippen LogP contribution in [-0.4, -0.2) is 67.0 Å². The Hall–Kier alpha value is -2.81. The highest BCUT2D eigenvalue weighted by Crippen LogP contribution is 2.19. The Bertz CT molecular complexity index is 1080. The molecule has 1 saturated heterocycles. The number of aromatic nitrogens is 1. The molecule has 1 aromatic heterocycles. The van der Waals surface area contributed by atoms with Crippen molar-refractivity contribution in [3.63, 3.8) is 0 Å². The summed E-state index contributed by atoms with van der Waals surface area (Å²) in [5.41, 5.74) is 1.20. The Morgan fingerprint density at radius 3 is 2.77 bits per heavy atom. The number of nitrogens with one attached hydrogen (secondary N) is 1. The number of rotatable bonds is 6. The van der Waals surface area contributed by atoms with E-state index in [1.165, 1.54) is 4.90 Å². The molecule has 2 atom stereocenters. The predicted octanol–water partition coefficient (Wildman–Crippen LogP) is 1.21. The van der Waals surface area contributed by atoms with Crippen LogP contribution in [0.25, 0.3) is 10.9 Å². The fraction of sp³-hybridized carbons (Fsp3) is 0.429. The van der Waals surface area contributed by atoms with Gasteiger partial charge in [-0.3, -0.25) is 19.4 Å². The summed E-state index contributed by atoms with van der Waals surface area (Å²) < 4.78 is 22.8. The lowest BCUT2D eigenvalue weighted by Gasteiger charge is -2.33. The molecule has 1 fully saturated rings. The zero-order valence-corrected chi connectivity index (χ0v) is 17.8. The van der Waals surface area contributed by atoms with Crippen LogP contribution in [0.3, 0.4) is 0 Å². The van der Waals surface area contributed by atoms with E-state index in [2.05, 4.69) is 10.3 Å². The molecule has 9 heteroatoms. The van der Waals surface area contributed by atoms with Crippen LogP contribution in [0.2, 0.25) is 0 Å². The second-order valence-electron chi connectivity index (χ2n) is 7.77. The van der Waals surface area contributed by atoms with E-state index in [1.807, 2.05) is 6.07 Å². The molecule has 1 N–H and O–H groups in total. The Morgan fingerprint density at radius 1 is 1.27 bits per heavy atom. The number of carbonyl (C=O) groups excluding carboxylic acids is 3. The summed E-state index contributed by atoms with van der Waals surface area (Å²) in [6.07, 6.45) is 3.88. The molecule has 0 aliphatic carbocycles. The minimum Gasteiger partial charge on any atom is -0.341 e. The lowest BCUT2D eigenvalue weighted by atomic mass is 9.94. The maximum Gasteiger partial charge on any atom is 0.251 e. The third-order valence-corrected chi connectivity index (χ3v) is 5.98. The molecular weight excluding hydrogens is 406 g/mol. The number of fused-ring (bicyclic) bond motifs is 1. The first-order valence-corrected chi connectivity index (χ1v) is 11.8. The molecule has 160 valence electrons.